The van der Waals surface area contributed by atoms with Crippen molar-refractivity contribution in [2.45, 2.75) is 13.5 Å². The van der Waals surface area contributed by atoms with Gasteiger partial charge in [0.2, 0.25) is 0 Å². The van der Waals surface area contributed by atoms with Crippen molar-refractivity contribution in [3.8, 4) is 11.1 Å². The van der Waals surface area contributed by atoms with E-state index in [4.69, 9.17) is 23.2 Å². The van der Waals surface area contributed by atoms with Crippen LogP contribution >= 0.6 is 23.2 Å². The van der Waals surface area contributed by atoms with E-state index in [1.807, 2.05) is 13.0 Å². The van der Waals surface area contributed by atoms with Crippen LogP contribution in [0.1, 0.15) is 21.5 Å². The van der Waals surface area contributed by atoms with Crippen molar-refractivity contribution in [3.63, 3.8) is 0 Å². The molecule has 0 aliphatic heterocycles. The average molecular weight is 389 g/mol. The third kappa shape index (κ3) is 4.21. The van der Waals surface area contributed by atoms with Crippen molar-refractivity contribution in [2.24, 2.45) is 0 Å². The van der Waals surface area contributed by atoms with Crippen molar-refractivity contribution in [1.29, 1.82) is 0 Å². The lowest BCUT2D eigenvalue weighted by molar-refractivity contribution is 0.0951. The van der Waals surface area contributed by atoms with E-state index in [1.165, 1.54) is 12.1 Å². The maximum Gasteiger partial charge on any atom is 0.251 e. The molecule has 132 valence electrons. The van der Waals surface area contributed by atoms with Crippen LogP contribution in [-0.2, 0) is 6.54 Å². The summed E-state index contributed by atoms with van der Waals surface area (Å²) in [5, 5.41) is 3.63. The zero-order chi connectivity index (χ0) is 18.7. The van der Waals surface area contributed by atoms with Crippen molar-refractivity contribution in [2.75, 3.05) is 0 Å². The Morgan fingerprint density at radius 1 is 1.08 bits per heavy atom. The number of pyridine rings is 1. The first-order chi connectivity index (χ1) is 12.4. The fourth-order valence-electron chi connectivity index (χ4n) is 2.72. The van der Waals surface area contributed by atoms with Crippen molar-refractivity contribution < 1.29 is 9.18 Å². The van der Waals surface area contributed by atoms with E-state index in [0.29, 0.717) is 15.6 Å². The molecule has 6 heteroatoms. The van der Waals surface area contributed by atoms with Gasteiger partial charge in [-0.3, -0.25) is 9.78 Å². The van der Waals surface area contributed by atoms with Gasteiger partial charge in [0.1, 0.15) is 5.82 Å². The maximum atomic E-state index is 13.4. The highest BCUT2D eigenvalue weighted by atomic mass is 35.5. The first-order valence-corrected chi connectivity index (χ1v) is 8.63. The van der Waals surface area contributed by atoms with E-state index >= 15 is 0 Å². The highest BCUT2D eigenvalue weighted by Crippen LogP contribution is 2.27. The Morgan fingerprint density at radius 2 is 1.81 bits per heavy atom. The van der Waals surface area contributed by atoms with Gasteiger partial charge in [-0.2, -0.15) is 0 Å². The van der Waals surface area contributed by atoms with E-state index in [1.54, 1.807) is 36.7 Å². The largest absolute Gasteiger partial charge is 0.348 e. The van der Waals surface area contributed by atoms with Gasteiger partial charge in [0.15, 0.2) is 0 Å². The number of nitrogens with one attached hydrogen (secondary N) is 1. The predicted octanol–water partition coefficient (Wildman–Crippen LogP) is 5.43. The van der Waals surface area contributed by atoms with Crippen LogP contribution in [-0.4, -0.2) is 10.9 Å². The molecule has 0 fully saturated rings. The average Bonchev–Trinajstić information content (AvgIpc) is 2.59. The van der Waals surface area contributed by atoms with Crippen LogP contribution in [0.25, 0.3) is 11.1 Å². The number of amides is 1. The minimum Gasteiger partial charge on any atom is -0.348 e. The van der Waals surface area contributed by atoms with E-state index < -0.39 is 0 Å². The van der Waals surface area contributed by atoms with E-state index in [-0.39, 0.29) is 18.3 Å². The molecule has 1 heterocycles. The predicted molar refractivity (Wildman–Crippen MR) is 102 cm³/mol. The van der Waals surface area contributed by atoms with Gasteiger partial charge >= 0.3 is 0 Å². The molecule has 0 unspecified atom stereocenters. The number of halogens is 3. The number of hydrogen-bond acceptors (Lipinski definition) is 2. The Hall–Kier alpha value is -2.43. The quantitative estimate of drug-likeness (QED) is 0.646. The summed E-state index contributed by atoms with van der Waals surface area (Å²) >= 11 is 11.9. The van der Waals surface area contributed by atoms with Crippen molar-refractivity contribution in [1.82, 2.24) is 10.3 Å². The SMILES string of the molecule is Cc1cc(F)ccc1-c1ccncc1CNC(=O)c1cc(Cl)cc(Cl)c1. The molecular weight excluding hydrogens is 374 g/mol. The molecule has 0 aliphatic rings. The van der Waals surface area contributed by atoms with Crippen LogP contribution in [0.5, 0.6) is 0 Å². The molecule has 0 aliphatic carbocycles. The summed E-state index contributed by atoms with van der Waals surface area (Å²) in [5.41, 5.74) is 3.80. The number of aryl methyl sites for hydroxylation is 1. The van der Waals surface area contributed by atoms with Gasteiger partial charge in [-0.05, 0) is 65.6 Å². The fourth-order valence-corrected chi connectivity index (χ4v) is 3.25. The number of hydrogen-bond donors (Lipinski definition) is 1. The van der Waals surface area contributed by atoms with Crippen LogP contribution in [0, 0.1) is 12.7 Å². The standard InChI is InChI=1S/C20H15Cl2FN2O/c1-12-6-17(23)2-3-18(12)19-4-5-24-10-14(19)11-25-20(26)13-7-15(21)9-16(22)8-13/h2-10H,11H2,1H3,(H,25,26). The molecular formula is C20H15Cl2FN2O. The molecule has 0 atom stereocenters. The second-order valence-electron chi connectivity index (χ2n) is 5.83. The smallest absolute Gasteiger partial charge is 0.251 e. The minimum atomic E-state index is -0.292. The monoisotopic (exact) mass is 388 g/mol. The van der Waals surface area contributed by atoms with Gasteiger partial charge in [-0.15, -0.1) is 0 Å². The molecule has 0 saturated heterocycles. The molecule has 2 aromatic carbocycles. The third-order valence-electron chi connectivity index (χ3n) is 3.95. The lowest BCUT2D eigenvalue weighted by Gasteiger charge is -2.13. The van der Waals surface area contributed by atoms with Gasteiger partial charge in [-0.25, -0.2) is 4.39 Å². The van der Waals surface area contributed by atoms with E-state index in [0.717, 1.165) is 22.3 Å². The van der Waals surface area contributed by atoms with Gasteiger partial charge in [0, 0.05) is 34.5 Å². The summed E-state index contributed by atoms with van der Waals surface area (Å²) in [6.45, 7) is 2.11. The van der Waals surface area contributed by atoms with Crippen molar-refractivity contribution in [3.05, 3.63) is 87.4 Å². The minimum absolute atomic E-state index is 0.267. The van der Waals surface area contributed by atoms with Crippen LogP contribution in [0.4, 0.5) is 4.39 Å². The maximum absolute atomic E-state index is 13.4. The number of carbonyl (C=O) groups excluding carboxylic acids is 1. The molecule has 3 nitrogen and oxygen atoms in total. The first-order valence-electron chi connectivity index (χ1n) is 7.88. The van der Waals surface area contributed by atoms with Crippen LogP contribution < -0.4 is 5.32 Å². The number of rotatable bonds is 4. The molecule has 0 saturated carbocycles. The molecule has 0 bridgehead atoms. The Balaban J connectivity index is 1.84. The fraction of sp³-hybridized carbons (Fsp3) is 0.100. The van der Waals surface area contributed by atoms with Crippen LogP contribution in [0.3, 0.4) is 0 Å². The second-order valence-corrected chi connectivity index (χ2v) is 6.71. The Kier molecular flexibility index (Phi) is 5.55. The molecule has 1 amide bonds. The van der Waals surface area contributed by atoms with Crippen LogP contribution in [0.2, 0.25) is 10.0 Å². The molecule has 0 radical (unpaired) electrons. The molecule has 3 aromatic rings. The first kappa shape index (κ1) is 18.4. The molecule has 1 N–H and O–H groups in total. The highest BCUT2D eigenvalue weighted by molar-refractivity contribution is 6.35. The number of aromatic nitrogens is 1. The van der Waals surface area contributed by atoms with Gasteiger partial charge in [0.05, 0.1) is 0 Å². The lowest BCUT2D eigenvalue weighted by Crippen LogP contribution is -2.23. The topological polar surface area (TPSA) is 42.0 Å². The number of carbonyl (C=O) groups is 1. The summed E-state index contributed by atoms with van der Waals surface area (Å²) in [6.07, 6.45) is 3.35. The summed E-state index contributed by atoms with van der Waals surface area (Å²) in [6, 6.07) is 11.1. The molecule has 0 spiro atoms. The van der Waals surface area contributed by atoms with Gasteiger partial charge in [0.25, 0.3) is 5.91 Å². The zero-order valence-electron chi connectivity index (χ0n) is 13.9. The Bertz CT molecular complexity index is 956. The Morgan fingerprint density at radius 3 is 2.50 bits per heavy atom. The van der Waals surface area contributed by atoms with E-state index in [9.17, 15) is 9.18 Å². The number of nitrogens with zero attached hydrogens (tertiary/aromatic N) is 1. The summed E-state index contributed by atoms with van der Waals surface area (Å²) in [4.78, 5) is 16.5. The molecule has 3 rings (SSSR count). The summed E-state index contributed by atoms with van der Waals surface area (Å²) < 4.78 is 13.4. The second kappa shape index (κ2) is 7.85. The third-order valence-corrected chi connectivity index (χ3v) is 4.38. The summed E-state index contributed by atoms with van der Waals surface area (Å²) in [7, 11) is 0. The Labute approximate surface area is 160 Å². The van der Waals surface area contributed by atoms with E-state index in [2.05, 4.69) is 10.3 Å². The van der Waals surface area contributed by atoms with Gasteiger partial charge in [-0.1, -0.05) is 29.3 Å². The lowest BCUT2D eigenvalue weighted by atomic mass is 9.97. The van der Waals surface area contributed by atoms with Gasteiger partial charge < -0.3 is 5.32 Å². The van der Waals surface area contributed by atoms with Crippen LogP contribution in [0.15, 0.2) is 54.9 Å². The zero-order valence-corrected chi connectivity index (χ0v) is 15.4. The molecule has 26 heavy (non-hydrogen) atoms. The summed E-state index contributed by atoms with van der Waals surface area (Å²) in [5.74, 6) is -0.576. The van der Waals surface area contributed by atoms with Crippen molar-refractivity contribution >= 4 is 29.1 Å². The normalized spacial score (nSPS) is 10.6. The highest BCUT2D eigenvalue weighted by Gasteiger charge is 2.12. The number of benzene rings is 2. The molecule has 1 aromatic heterocycles.